The van der Waals surface area contributed by atoms with Crippen LogP contribution in [0.4, 0.5) is 11.4 Å². The van der Waals surface area contributed by atoms with Crippen LogP contribution in [0.1, 0.15) is 24.8 Å². The van der Waals surface area contributed by atoms with Crippen LogP contribution in [0.2, 0.25) is 0 Å². The molecule has 5 nitrogen and oxygen atoms in total. The van der Waals surface area contributed by atoms with Crippen LogP contribution in [-0.2, 0) is 0 Å². The number of hydrogen-bond acceptors (Lipinski definition) is 4. The lowest BCUT2D eigenvalue weighted by Crippen LogP contribution is -2.34. The van der Waals surface area contributed by atoms with Crippen LogP contribution in [0.5, 0.6) is 0 Å². The van der Waals surface area contributed by atoms with Gasteiger partial charge in [0.2, 0.25) is 0 Å². The van der Waals surface area contributed by atoms with E-state index in [1.165, 1.54) is 19.3 Å². The van der Waals surface area contributed by atoms with Crippen LogP contribution in [0, 0.1) is 23.0 Å². The van der Waals surface area contributed by atoms with Gasteiger partial charge in [0.05, 0.1) is 4.92 Å². The zero-order valence-electron chi connectivity index (χ0n) is 12.3. The summed E-state index contributed by atoms with van der Waals surface area (Å²) in [5.74, 6) is 0.803. The SMILES string of the molecule is CNCCC1CCN(c2ccc([N+](=O)[O-])cc2C)CC1. The minimum atomic E-state index is -0.333. The second kappa shape index (κ2) is 6.70. The lowest BCUT2D eigenvalue weighted by molar-refractivity contribution is -0.384. The first-order valence-electron chi connectivity index (χ1n) is 7.26. The molecule has 1 aliphatic heterocycles. The lowest BCUT2D eigenvalue weighted by Gasteiger charge is -2.34. The summed E-state index contributed by atoms with van der Waals surface area (Å²) in [5.41, 5.74) is 2.31. The van der Waals surface area contributed by atoms with Gasteiger partial charge in [-0.15, -0.1) is 0 Å². The van der Waals surface area contributed by atoms with Crippen LogP contribution in [0.15, 0.2) is 18.2 Å². The molecular formula is C15H23N3O2. The van der Waals surface area contributed by atoms with Crippen molar-refractivity contribution in [3.63, 3.8) is 0 Å². The van der Waals surface area contributed by atoms with Crippen molar-refractivity contribution in [2.45, 2.75) is 26.2 Å². The Morgan fingerprint density at radius 3 is 2.65 bits per heavy atom. The molecule has 2 rings (SSSR count). The minimum Gasteiger partial charge on any atom is -0.371 e. The molecule has 1 N–H and O–H groups in total. The zero-order valence-corrected chi connectivity index (χ0v) is 12.3. The van der Waals surface area contributed by atoms with Crippen molar-refractivity contribution in [2.75, 3.05) is 31.6 Å². The van der Waals surface area contributed by atoms with Crippen molar-refractivity contribution in [1.29, 1.82) is 0 Å². The fourth-order valence-electron chi connectivity index (χ4n) is 2.92. The van der Waals surface area contributed by atoms with E-state index >= 15 is 0 Å². The van der Waals surface area contributed by atoms with E-state index in [1.807, 2.05) is 20.0 Å². The van der Waals surface area contributed by atoms with E-state index in [2.05, 4.69) is 10.2 Å². The molecule has 1 aromatic carbocycles. The summed E-state index contributed by atoms with van der Waals surface area (Å²) in [6, 6.07) is 5.17. The van der Waals surface area contributed by atoms with Gasteiger partial charge in [-0.25, -0.2) is 0 Å². The number of aryl methyl sites for hydroxylation is 1. The monoisotopic (exact) mass is 277 g/mol. The number of nitrogens with zero attached hydrogens (tertiary/aromatic N) is 2. The second-order valence-corrected chi connectivity index (χ2v) is 5.55. The predicted molar refractivity (Wildman–Crippen MR) is 81.3 cm³/mol. The van der Waals surface area contributed by atoms with Gasteiger partial charge in [0.1, 0.15) is 0 Å². The zero-order chi connectivity index (χ0) is 14.5. The number of nitro groups is 1. The average Bonchev–Trinajstić information content (AvgIpc) is 2.45. The molecule has 1 heterocycles. The molecule has 0 saturated carbocycles. The number of nitro benzene ring substituents is 1. The Morgan fingerprint density at radius 2 is 2.10 bits per heavy atom. The minimum absolute atomic E-state index is 0.176. The summed E-state index contributed by atoms with van der Waals surface area (Å²) in [6.07, 6.45) is 3.65. The van der Waals surface area contributed by atoms with E-state index in [-0.39, 0.29) is 10.6 Å². The summed E-state index contributed by atoms with van der Waals surface area (Å²) in [4.78, 5) is 12.8. The lowest BCUT2D eigenvalue weighted by atomic mass is 9.93. The summed E-state index contributed by atoms with van der Waals surface area (Å²) in [5, 5.41) is 14.0. The number of nitrogens with one attached hydrogen (secondary N) is 1. The highest BCUT2D eigenvalue weighted by atomic mass is 16.6. The van der Waals surface area contributed by atoms with Crippen LogP contribution >= 0.6 is 0 Å². The maximum atomic E-state index is 10.8. The third-order valence-corrected chi connectivity index (χ3v) is 4.15. The molecule has 0 atom stereocenters. The van der Waals surface area contributed by atoms with Crippen molar-refractivity contribution >= 4 is 11.4 Å². The van der Waals surface area contributed by atoms with E-state index in [0.717, 1.165) is 36.8 Å². The van der Waals surface area contributed by atoms with E-state index in [4.69, 9.17) is 0 Å². The molecule has 0 bridgehead atoms. The molecule has 0 unspecified atom stereocenters. The van der Waals surface area contributed by atoms with Crippen LogP contribution in [-0.4, -0.2) is 31.6 Å². The van der Waals surface area contributed by atoms with Gasteiger partial charge >= 0.3 is 0 Å². The largest absolute Gasteiger partial charge is 0.371 e. The molecule has 1 aliphatic rings. The maximum Gasteiger partial charge on any atom is 0.269 e. The molecule has 20 heavy (non-hydrogen) atoms. The van der Waals surface area contributed by atoms with Gasteiger partial charge in [-0.1, -0.05) is 0 Å². The van der Waals surface area contributed by atoms with E-state index in [0.29, 0.717) is 0 Å². The second-order valence-electron chi connectivity index (χ2n) is 5.55. The molecular weight excluding hydrogens is 254 g/mol. The average molecular weight is 277 g/mol. The molecule has 0 spiro atoms. The molecule has 0 radical (unpaired) electrons. The third-order valence-electron chi connectivity index (χ3n) is 4.15. The smallest absolute Gasteiger partial charge is 0.269 e. The van der Waals surface area contributed by atoms with Crippen molar-refractivity contribution < 1.29 is 4.92 Å². The Balaban J connectivity index is 1.98. The quantitative estimate of drug-likeness (QED) is 0.664. The Bertz CT molecular complexity index is 468. The van der Waals surface area contributed by atoms with Gasteiger partial charge in [-0.05, 0) is 57.3 Å². The third kappa shape index (κ3) is 3.48. The highest BCUT2D eigenvalue weighted by molar-refractivity contribution is 5.57. The first-order valence-corrected chi connectivity index (χ1v) is 7.26. The van der Waals surface area contributed by atoms with Crippen molar-refractivity contribution in [3.8, 4) is 0 Å². The van der Waals surface area contributed by atoms with Gasteiger partial charge in [0.15, 0.2) is 0 Å². The van der Waals surface area contributed by atoms with Gasteiger partial charge in [0.25, 0.3) is 5.69 Å². The van der Waals surface area contributed by atoms with Crippen molar-refractivity contribution in [2.24, 2.45) is 5.92 Å². The van der Waals surface area contributed by atoms with Crippen LogP contribution < -0.4 is 10.2 Å². The van der Waals surface area contributed by atoms with Gasteiger partial charge < -0.3 is 10.2 Å². The fourth-order valence-corrected chi connectivity index (χ4v) is 2.92. The number of hydrogen-bond donors (Lipinski definition) is 1. The predicted octanol–water partition coefficient (Wildman–Crippen LogP) is 2.73. The molecule has 1 aromatic rings. The molecule has 1 fully saturated rings. The Kier molecular flexibility index (Phi) is 4.95. The van der Waals surface area contributed by atoms with Crippen molar-refractivity contribution in [1.82, 2.24) is 5.32 Å². The Morgan fingerprint density at radius 1 is 1.40 bits per heavy atom. The van der Waals surface area contributed by atoms with Gasteiger partial charge in [-0.3, -0.25) is 10.1 Å². The number of rotatable bonds is 5. The number of benzene rings is 1. The fraction of sp³-hybridized carbons (Fsp3) is 0.600. The highest BCUT2D eigenvalue weighted by Crippen LogP contribution is 2.29. The molecule has 0 aromatic heterocycles. The molecule has 0 aliphatic carbocycles. The first-order chi connectivity index (χ1) is 9.61. The first kappa shape index (κ1) is 14.8. The normalized spacial score (nSPS) is 16.4. The summed E-state index contributed by atoms with van der Waals surface area (Å²) in [6.45, 7) is 5.14. The van der Waals surface area contributed by atoms with Crippen LogP contribution in [0.3, 0.4) is 0 Å². The molecule has 110 valence electrons. The standard InChI is InChI=1S/C15H23N3O2/c1-12-11-14(18(19)20)3-4-15(12)17-9-6-13(7-10-17)5-8-16-2/h3-4,11,13,16H,5-10H2,1-2H3. The molecule has 1 saturated heterocycles. The molecule has 5 heteroatoms. The van der Waals surface area contributed by atoms with Crippen molar-refractivity contribution in [3.05, 3.63) is 33.9 Å². The summed E-state index contributed by atoms with van der Waals surface area (Å²) >= 11 is 0. The topological polar surface area (TPSA) is 58.4 Å². The maximum absolute atomic E-state index is 10.8. The Hall–Kier alpha value is -1.62. The molecule has 0 amide bonds. The van der Waals surface area contributed by atoms with Gasteiger partial charge in [-0.2, -0.15) is 0 Å². The van der Waals surface area contributed by atoms with Gasteiger partial charge in [0, 0.05) is 30.9 Å². The number of piperidine rings is 1. The summed E-state index contributed by atoms with van der Waals surface area (Å²) < 4.78 is 0. The number of anilines is 1. The Labute approximate surface area is 120 Å². The van der Waals surface area contributed by atoms with Crippen LogP contribution in [0.25, 0.3) is 0 Å². The van der Waals surface area contributed by atoms with E-state index < -0.39 is 0 Å². The highest BCUT2D eigenvalue weighted by Gasteiger charge is 2.20. The van der Waals surface area contributed by atoms with E-state index in [9.17, 15) is 10.1 Å². The summed E-state index contributed by atoms with van der Waals surface area (Å²) in [7, 11) is 2.00. The number of non-ortho nitro benzene ring substituents is 1. The van der Waals surface area contributed by atoms with E-state index in [1.54, 1.807) is 12.1 Å².